The van der Waals surface area contributed by atoms with Crippen LogP contribution >= 0.6 is 0 Å². The summed E-state index contributed by atoms with van der Waals surface area (Å²) in [4.78, 5) is 24.7. The fourth-order valence-corrected chi connectivity index (χ4v) is 2.58. The summed E-state index contributed by atoms with van der Waals surface area (Å²) < 4.78 is 15.4. The van der Waals surface area contributed by atoms with Gasteiger partial charge < -0.3 is 16.0 Å². The number of urea groups is 1. The van der Waals surface area contributed by atoms with E-state index in [2.05, 4.69) is 30.9 Å². The van der Waals surface area contributed by atoms with Crippen LogP contribution in [0.3, 0.4) is 0 Å². The average Bonchev–Trinajstić information content (AvgIpc) is 3.02. The average molecular weight is 383 g/mol. The van der Waals surface area contributed by atoms with Gasteiger partial charge in [-0.25, -0.2) is 24.1 Å². The second-order valence-electron chi connectivity index (χ2n) is 6.27. The van der Waals surface area contributed by atoms with Crippen molar-refractivity contribution in [1.82, 2.24) is 24.8 Å². The summed E-state index contributed by atoms with van der Waals surface area (Å²) in [6, 6.07) is 5.96. The van der Waals surface area contributed by atoms with Crippen molar-refractivity contribution >= 4 is 17.5 Å². The number of benzene rings is 1. The molecule has 0 aliphatic rings. The van der Waals surface area contributed by atoms with Crippen LogP contribution in [0, 0.1) is 26.6 Å². The molecule has 0 saturated heterocycles. The van der Waals surface area contributed by atoms with Crippen LogP contribution in [0.25, 0.3) is 5.82 Å². The van der Waals surface area contributed by atoms with Crippen molar-refractivity contribution in [2.45, 2.75) is 20.8 Å². The maximum atomic E-state index is 13.5. The molecule has 2 amide bonds. The third kappa shape index (κ3) is 4.43. The number of nitrogens with zero attached hydrogens (tertiary/aromatic N) is 4. The lowest BCUT2D eigenvalue weighted by Crippen LogP contribution is -2.33. The summed E-state index contributed by atoms with van der Waals surface area (Å²) in [5, 5.41) is 8.48. The van der Waals surface area contributed by atoms with E-state index >= 15 is 0 Å². The number of aromatic nitrogens is 4. The summed E-state index contributed by atoms with van der Waals surface area (Å²) in [5.74, 6) is 0.990. The highest BCUT2D eigenvalue weighted by molar-refractivity contribution is 5.90. The molecule has 0 fully saturated rings. The Bertz CT molecular complexity index is 986. The molecule has 0 radical (unpaired) electrons. The fraction of sp³-hybridized carbons (Fsp3) is 0.263. The van der Waals surface area contributed by atoms with Gasteiger partial charge in [0, 0.05) is 36.1 Å². The van der Waals surface area contributed by atoms with Gasteiger partial charge in [0.25, 0.3) is 0 Å². The third-order valence-electron chi connectivity index (χ3n) is 4.38. The molecule has 3 N–H and O–H groups in total. The topological polar surface area (TPSA) is 96.8 Å². The monoisotopic (exact) mass is 383 g/mol. The Morgan fingerprint density at radius 2 is 1.96 bits per heavy atom. The molecule has 0 unspecified atom stereocenters. The van der Waals surface area contributed by atoms with E-state index in [4.69, 9.17) is 0 Å². The zero-order valence-electron chi connectivity index (χ0n) is 16.0. The molecule has 0 aliphatic heterocycles. The van der Waals surface area contributed by atoms with Gasteiger partial charge in [-0.15, -0.1) is 0 Å². The summed E-state index contributed by atoms with van der Waals surface area (Å²) >= 11 is 0. The van der Waals surface area contributed by atoms with Crippen LogP contribution in [0.2, 0.25) is 0 Å². The molecule has 2 aromatic heterocycles. The van der Waals surface area contributed by atoms with Crippen LogP contribution in [0.1, 0.15) is 17.0 Å². The van der Waals surface area contributed by atoms with Crippen molar-refractivity contribution in [3.63, 3.8) is 0 Å². The highest BCUT2D eigenvalue weighted by atomic mass is 19.1. The molecule has 3 aromatic rings. The van der Waals surface area contributed by atoms with Gasteiger partial charge in [-0.3, -0.25) is 4.57 Å². The number of nitrogens with one attached hydrogen (secondary N) is 3. The van der Waals surface area contributed by atoms with Gasteiger partial charge >= 0.3 is 6.03 Å². The van der Waals surface area contributed by atoms with E-state index in [0.29, 0.717) is 36.0 Å². The second-order valence-corrected chi connectivity index (χ2v) is 6.27. The molecular formula is C19H22FN7O. The number of carbonyl (C=O) groups is 1. The zero-order chi connectivity index (χ0) is 20.1. The lowest BCUT2D eigenvalue weighted by molar-refractivity contribution is 0.252. The van der Waals surface area contributed by atoms with Crippen molar-refractivity contribution in [3.05, 3.63) is 59.7 Å². The Morgan fingerprint density at radius 3 is 2.71 bits per heavy atom. The standard InChI is InChI=1S/C19H22FN7O/c1-12-15(20)5-4-6-16(12)26-19(28)22-8-7-21-17-9-18(24-10-23-17)27-11-25-13(2)14(27)3/h4-6,9-11H,7-8H2,1-3H3,(H,21,23,24)(H2,22,26,28). The molecule has 2 heterocycles. The van der Waals surface area contributed by atoms with Crippen LogP contribution < -0.4 is 16.0 Å². The Morgan fingerprint density at radius 1 is 1.14 bits per heavy atom. The first-order chi connectivity index (χ1) is 13.5. The van der Waals surface area contributed by atoms with Crippen LogP contribution in [0.5, 0.6) is 0 Å². The van der Waals surface area contributed by atoms with Crippen molar-refractivity contribution < 1.29 is 9.18 Å². The van der Waals surface area contributed by atoms with Gasteiger partial charge in [-0.05, 0) is 32.9 Å². The first kappa shape index (κ1) is 19.3. The lowest BCUT2D eigenvalue weighted by Gasteiger charge is -2.11. The van der Waals surface area contributed by atoms with Gasteiger partial charge in [-0.2, -0.15) is 0 Å². The molecule has 28 heavy (non-hydrogen) atoms. The molecule has 0 spiro atoms. The van der Waals surface area contributed by atoms with Crippen LogP contribution in [0.4, 0.5) is 20.7 Å². The van der Waals surface area contributed by atoms with E-state index in [1.54, 1.807) is 25.4 Å². The highest BCUT2D eigenvalue weighted by Crippen LogP contribution is 2.17. The third-order valence-corrected chi connectivity index (χ3v) is 4.38. The number of imidazole rings is 1. The molecule has 0 aliphatic carbocycles. The SMILES string of the molecule is Cc1ncn(-c2cc(NCCNC(=O)Nc3cccc(F)c3C)ncn2)c1C. The predicted molar refractivity (Wildman–Crippen MR) is 105 cm³/mol. The van der Waals surface area contributed by atoms with Crippen LogP contribution in [0.15, 0.2) is 36.9 Å². The Labute approximate surface area is 162 Å². The smallest absolute Gasteiger partial charge is 0.319 e. The molecular weight excluding hydrogens is 361 g/mol. The predicted octanol–water partition coefficient (Wildman–Crippen LogP) is 2.96. The number of hydrogen-bond acceptors (Lipinski definition) is 5. The quantitative estimate of drug-likeness (QED) is 0.569. The number of aryl methyl sites for hydroxylation is 1. The Balaban J connectivity index is 1.50. The zero-order valence-corrected chi connectivity index (χ0v) is 16.0. The maximum Gasteiger partial charge on any atom is 0.319 e. The summed E-state index contributed by atoms with van der Waals surface area (Å²) in [7, 11) is 0. The van der Waals surface area contributed by atoms with Gasteiger partial charge in [-0.1, -0.05) is 6.07 Å². The van der Waals surface area contributed by atoms with Gasteiger partial charge in [0.15, 0.2) is 0 Å². The van der Waals surface area contributed by atoms with Gasteiger partial charge in [0.1, 0.15) is 30.1 Å². The van der Waals surface area contributed by atoms with E-state index in [9.17, 15) is 9.18 Å². The van der Waals surface area contributed by atoms with E-state index in [0.717, 1.165) is 11.4 Å². The highest BCUT2D eigenvalue weighted by Gasteiger charge is 2.08. The van der Waals surface area contributed by atoms with Crippen molar-refractivity contribution in [2.75, 3.05) is 23.7 Å². The number of rotatable bonds is 6. The molecule has 146 valence electrons. The molecule has 0 bridgehead atoms. The number of amides is 2. The van der Waals surface area contributed by atoms with E-state index in [1.807, 2.05) is 24.5 Å². The van der Waals surface area contributed by atoms with Gasteiger partial charge in [0.2, 0.25) is 0 Å². The van der Waals surface area contributed by atoms with Crippen molar-refractivity contribution in [3.8, 4) is 5.82 Å². The molecule has 1 aromatic carbocycles. The molecule has 0 atom stereocenters. The molecule has 9 heteroatoms. The van der Waals surface area contributed by atoms with Gasteiger partial charge in [0.05, 0.1) is 5.69 Å². The second kappa shape index (κ2) is 8.47. The first-order valence-corrected chi connectivity index (χ1v) is 8.82. The van der Waals surface area contributed by atoms with Crippen LogP contribution in [-0.4, -0.2) is 38.6 Å². The minimum atomic E-state index is -0.400. The number of halogens is 1. The summed E-state index contributed by atoms with van der Waals surface area (Å²) in [5.41, 5.74) is 2.79. The Hall–Kier alpha value is -3.49. The van der Waals surface area contributed by atoms with Crippen molar-refractivity contribution in [1.29, 1.82) is 0 Å². The summed E-state index contributed by atoms with van der Waals surface area (Å²) in [6.07, 6.45) is 3.19. The molecule has 8 nitrogen and oxygen atoms in total. The van der Waals surface area contributed by atoms with Crippen LogP contribution in [-0.2, 0) is 0 Å². The van der Waals surface area contributed by atoms with E-state index in [1.165, 1.54) is 12.4 Å². The maximum absolute atomic E-state index is 13.5. The minimum Gasteiger partial charge on any atom is -0.368 e. The number of carbonyl (C=O) groups excluding carboxylic acids is 1. The largest absolute Gasteiger partial charge is 0.368 e. The van der Waals surface area contributed by atoms with Crippen molar-refractivity contribution in [2.24, 2.45) is 0 Å². The molecule has 0 saturated carbocycles. The number of anilines is 2. The van der Waals surface area contributed by atoms with E-state index < -0.39 is 6.03 Å². The first-order valence-electron chi connectivity index (χ1n) is 8.82. The number of hydrogen-bond donors (Lipinski definition) is 3. The normalized spacial score (nSPS) is 10.6. The fourth-order valence-electron chi connectivity index (χ4n) is 2.58. The lowest BCUT2D eigenvalue weighted by atomic mass is 10.2. The minimum absolute atomic E-state index is 0.359. The summed E-state index contributed by atoms with van der Waals surface area (Å²) in [6.45, 7) is 6.36. The molecule has 3 rings (SSSR count). The Kier molecular flexibility index (Phi) is 5.83. The van der Waals surface area contributed by atoms with E-state index in [-0.39, 0.29) is 5.82 Å².